The second kappa shape index (κ2) is 4.13. The average Bonchev–Trinajstić information content (AvgIpc) is 2.08. The molecule has 0 bridgehead atoms. The molecule has 0 atom stereocenters. The highest BCUT2D eigenvalue weighted by molar-refractivity contribution is 7.99. The number of alkyl halides is 2. The number of nitrogens with two attached hydrogens (primary N) is 1. The van der Waals surface area contributed by atoms with Crippen LogP contribution in [0.4, 0.5) is 8.78 Å². The van der Waals surface area contributed by atoms with Gasteiger partial charge < -0.3 is 5.73 Å². The van der Waals surface area contributed by atoms with E-state index in [1.54, 1.807) is 11.8 Å². The van der Waals surface area contributed by atoms with Crippen LogP contribution in [0.5, 0.6) is 0 Å². The Labute approximate surface area is 82.4 Å². The summed E-state index contributed by atoms with van der Waals surface area (Å²) in [7, 11) is 0. The van der Waals surface area contributed by atoms with E-state index in [2.05, 4.69) is 6.92 Å². The summed E-state index contributed by atoms with van der Waals surface area (Å²) in [5, 5.41) is 0. The third-order valence-corrected chi connectivity index (χ3v) is 3.76. The Morgan fingerprint density at radius 1 is 1.23 bits per heavy atom. The van der Waals surface area contributed by atoms with Gasteiger partial charge in [-0.1, -0.05) is 6.92 Å². The van der Waals surface area contributed by atoms with Crippen LogP contribution in [-0.4, -0.2) is 23.0 Å². The Morgan fingerprint density at radius 2 is 1.77 bits per heavy atom. The zero-order chi connectivity index (χ0) is 9.95. The SMILES string of the molecule is CCSCC1(N)CCC(F)(F)CC1. The van der Waals surface area contributed by atoms with Gasteiger partial charge in [0.15, 0.2) is 0 Å². The zero-order valence-electron chi connectivity index (χ0n) is 7.98. The minimum absolute atomic E-state index is 0.0340. The molecule has 2 N–H and O–H groups in total. The fourth-order valence-corrected chi connectivity index (χ4v) is 2.46. The zero-order valence-corrected chi connectivity index (χ0v) is 8.80. The number of halogens is 2. The van der Waals surface area contributed by atoms with Crippen molar-refractivity contribution in [3.63, 3.8) is 0 Å². The van der Waals surface area contributed by atoms with E-state index in [4.69, 9.17) is 5.73 Å². The summed E-state index contributed by atoms with van der Waals surface area (Å²) in [4.78, 5) is 0. The molecule has 1 rings (SSSR count). The Bertz CT molecular complexity index is 163. The summed E-state index contributed by atoms with van der Waals surface area (Å²) in [5.41, 5.74) is 5.68. The maximum absolute atomic E-state index is 12.8. The van der Waals surface area contributed by atoms with Gasteiger partial charge in [-0.2, -0.15) is 11.8 Å². The largest absolute Gasteiger partial charge is 0.324 e. The monoisotopic (exact) mass is 209 g/mol. The minimum Gasteiger partial charge on any atom is -0.324 e. The molecule has 0 aromatic carbocycles. The molecule has 0 aliphatic heterocycles. The predicted molar refractivity (Wildman–Crippen MR) is 53.3 cm³/mol. The van der Waals surface area contributed by atoms with Crippen LogP contribution in [0.1, 0.15) is 32.6 Å². The molecule has 78 valence electrons. The molecule has 0 amide bonds. The first kappa shape index (κ1) is 11.2. The normalized spacial score (nSPS) is 25.8. The van der Waals surface area contributed by atoms with Crippen molar-refractivity contribution < 1.29 is 8.78 Å². The lowest BCUT2D eigenvalue weighted by Gasteiger charge is -2.36. The highest BCUT2D eigenvalue weighted by Crippen LogP contribution is 2.38. The Kier molecular flexibility index (Phi) is 3.57. The molecular formula is C9H17F2NS. The highest BCUT2D eigenvalue weighted by atomic mass is 32.2. The van der Waals surface area contributed by atoms with Crippen molar-refractivity contribution in [2.75, 3.05) is 11.5 Å². The molecule has 1 fully saturated rings. The third kappa shape index (κ3) is 3.43. The van der Waals surface area contributed by atoms with Crippen molar-refractivity contribution >= 4 is 11.8 Å². The third-order valence-electron chi connectivity index (χ3n) is 2.57. The fourth-order valence-electron chi connectivity index (χ4n) is 1.56. The number of rotatable bonds is 3. The fraction of sp³-hybridized carbons (Fsp3) is 1.00. The molecule has 4 heteroatoms. The van der Waals surface area contributed by atoms with Gasteiger partial charge in [0.2, 0.25) is 5.92 Å². The summed E-state index contributed by atoms with van der Waals surface area (Å²) >= 11 is 1.74. The average molecular weight is 209 g/mol. The van der Waals surface area contributed by atoms with Crippen LogP contribution < -0.4 is 5.73 Å². The summed E-state index contributed by atoms with van der Waals surface area (Å²) in [6.07, 6.45) is 0.863. The van der Waals surface area contributed by atoms with Crippen LogP contribution in [0.15, 0.2) is 0 Å². The molecule has 0 aromatic rings. The summed E-state index contributed by atoms with van der Waals surface area (Å²) in [6.45, 7) is 2.06. The van der Waals surface area contributed by atoms with Crippen LogP contribution in [0, 0.1) is 0 Å². The van der Waals surface area contributed by atoms with Gasteiger partial charge in [-0.3, -0.25) is 0 Å². The molecule has 1 saturated carbocycles. The standard InChI is InChI=1S/C9H17F2NS/c1-2-13-7-8(12)3-5-9(10,11)6-4-8/h2-7,12H2,1H3. The van der Waals surface area contributed by atoms with Gasteiger partial charge in [0.1, 0.15) is 0 Å². The Hall–Kier alpha value is 0.170. The van der Waals surface area contributed by atoms with Crippen LogP contribution in [-0.2, 0) is 0 Å². The Morgan fingerprint density at radius 3 is 2.23 bits per heavy atom. The van der Waals surface area contributed by atoms with Crippen molar-refractivity contribution in [2.45, 2.75) is 44.1 Å². The van der Waals surface area contributed by atoms with Gasteiger partial charge in [-0.25, -0.2) is 8.78 Å². The van der Waals surface area contributed by atoms with Gasteiger partial charge in [-0.15, -0.1) is 0 Å². The van der Waals surface area contributed by atoms with E-state index in [1.807, 2.05) is 0 Å². The minimum atomic E-state index is -2.46. The van der Waals surface area contributed by atoms with E-state index in [0.29, 0.717) is 12.8 Å². The van der Waals surface area contributed by atoms with Crippen LogP contribution in [0.3, 0.4) is 0 Å². The molecule has 0 aromatic heterocycles. The topological polar surface area (TPSA) is 26.0 Å². The first-order valence-corrected chi connectivity index (χ1v) is 5.87. The van der Waals surface area contributed by atoms with Gasteiger partial charge in [-0.05, 0) is 18.6 Å². The molecule has 0 heterocycles. The Balaban J connectivity index is 2.37. The van der Waals surface area contributed by atoms with E-state index >= 15 is 0 Å². The molecule has 0 radical (unpaired) electrons. The number of thioether (sulfide) groups is 1. The lowest BCUT2D eigenvalue weighted by Crippen LogP contribution is -2.48. The maximum atomic E-state index is 12.8. The molecular weight excluding hydrogens is 192 g/mol. The second-order valence-electron chi connectivity index (χ2n) is 3.86. The smallest absolute Gasteiger partial charge is 0.248 e. The highest BCUT2D eigenvalue weighted by Gasteiger charge is 2.40. The van der Waals surface area contributed by atoms with Crippen molar-refractivity contribution in [1.29, 1.82) is 0 Å². The van der Waals surface area contributed by atoms with E-state index in [-0.39, 0.29) is 18.4 Å². The number of hydrogen-bond donors (Lipinski definition) is 1. The van der Waals surface area contributed by atoms with E-state index in [0.717, 1.165) is 11.5 Å². The molecule has 0 unspecified atom stereocenters. The maximum Gasteiger partial charge on any atom is 0.248 e. The predicted octanol–water partition coefficient (Wildman–Crippen LogP) is 2.65. The van der Waals surface area contributed by atoms with E-state index < -0.39 is 5.92 Å². The van der Waals surface area contributed by atoms with Gasteiger partial charge in [0.25, 0.3) is 0 Å². The van der Waals surface area contributed by atoms with Gasteiger partial charge in [0, 0.05) is 24.1 Å². The van der Waals surface area contributed by atoms with Crippen molar-refractivity contribution in [3.8, 4) is 0 Å². The van der Waals surface area contributed by atoms with Crippen molar-refractivity contribution in [2.24, 2.45) is 5.73 Å². The lowest BCUT2D eigenvalue weighted by atomic mass is 9.82. The van der Waals surface area contributed by atoms with Crippen LogP contribution in [0.2, 0.25) is 0 Å². The lowest BCUT2D eigenvalue weighted by molar-refractivity contribution is -0.0477. The van der Waals surface area contributed by atoms with Gasteiger partial charge in [0.05, 0.1) is 0 Å². The number of hydrogen-bond acceptors (Lipinski definition) is 2. The molecule has 1 aliphatic rings. The molecule has 1 aliphatic carbocycles. The van der Waals surface area contributed by atoms with Crippen molar-refractivity contribution in [1.82, 2.24) is 0 Å². The van der Waals surface area contributed by atoms with Gasteiger partial charge >= 0.3 is 0 Å². The summed E-state index contributed by atoms with van der Waals surface area (Å²) in [6, 6.07) is 0. The molecule has 13 heavy (non-hydrogen) atoms. The van der Waals surface area contributed by atoms with Crippen molar-refractivity contribution in [3.05, 3.63) is 0 Å². The molecule has 1 nitrogen and oxygen atoms in total. The van der Waals surface area contributed by atoms with Crippen LogP contribution >= 0.6 is 11.8 Å². The summed E-state index contributed by atoms with van der Waals surface area (Å²) < 4.78 is 25.6. The molecule has 0 saturated heterocycles. The first-order valence-electron chi connectivity index (χ1n) is 4.72. The summed E-state index contributed by atoms with van der Waals surface area (Å²) in [5.74, 6) is -0.630. The van der Waals surface area contributed by atoms with E-state index in [1.165, 1.54) is 0 Å². The molecule has 0 spiro atoms. The first-order chi connectivity index (χ1) is 5.97. The van der Waals surface area contributed by atoms with Crippen LogP contribution in [0.25, 0.3) is 0 Å². The van der Waals surface area contributed by atoms with E-state index in [9.17, 15) is 8.78 Å². The quantitative estimate of drug-likeness (QED) is 0.773. The second-order valence-corrected chi connectivity index (χ2v) is 5.13.